The van der Waals surface area contributed by atoms with Crippen LogP contribution in [0.15, 0.2) is 42.5 Å². The van der Waals surface area contributed by atoms with Crippen LogP contribution in [0, 0.1) is 5.92 Å². The summed E-state index contributed by atoms with van der Waals surface area (Å²) < 4.78 is 16.4. The Kier molecular flexibility index (Phi) is 4.97. The van der Waals surface area contributed by atoms with Crippen LogP contribution in [-0.4, -0.2) is 50.7 Å². The molecule has 5 rings (SSSR count). The molecule has 3 aliphatic heterocycles. The largest absolute Gasteiger partial charge is 0.486 e. The van der Waals surface area contributed by atoms with Gasteiger partial charge in [0, 0.05) is 37.0 Å². The average Bonchev–Trinajstić information content (AvgIpc) is 3.41. The number of carbonyl (C=O) groups excluding carboxylic acids is 3. The van der Waals surface area contributed by atoms with Gasteiger partial charge in [-0.05, 0) is 30.2 Å². The molecule has 0 bridgehead atoms. The molecule has 0 aliphatic carbocycles. The standard InChI is InChI=1S/C23H22N2O6/c26-21-11-16(13-25(21)17-5-6-19-20(12-17)30-10-9-29-19)23(28)31-14-22(27)24-8-7-15-3-1-2-4-18(15)24/h1-6,12,16H,7-11,13-14H2. The number of fused-ring (bicyclic) bond motifs is 2. The van der Waals surface area contributed by atoms with Crippen LogP contribution in [0.3, 0.4) is 0 Å². The van der Waals surface area contributed by atoms with E-state index >= 15 is 0 Å². The molecular formula is C23H22N2O6. The smallest absolute Gasteiger partial charge is 0.311 e. The quantitative estimate of drug-likeness (QED) is 0.700. The summed E-state index contributed by atoms with van der Waals surface area (Å²) in [4.78, 5) is 40.8. The maximum atomic E-state index is 12.6. The van der Waals surface area contributed by atoms with Gasteiger partial charge in [0.2, 0.25) is 5.91 Å². The van der Waals surface area contributed by atoms with E-state index in [0.29, 0.717) is 36.9 Å². The Hall–Kier alpha value is -3.55. The Morgan fingerprint density at radius 2 is 1.87 bits per heavy atom. The Labute approximate surface area is 179 Å². The van der Waals surface area contributed by atoms with Crippen LogP contribution in [0.4, 0.5) is 11.4 Å². The summed E-state index contributed by atoms with van der Waals surface area (Å²) in [6, 6.07) is 13.0. The van der Waals surface area contributed by atoms with Gasteiger partial charge in [0.25, 0.3) is 5.91 Å². The van der Waals surface area contributed by atoms with Gasteiger partial charge >= 0.3 is 5.97 Å². The van der Waals surface area contributed by atoms with Crippen molar-refractivity contribution in [2.75, 3.05) is 42.7 Å². The first-order chi connectivity index (χ1) is 15.1. The van der Waals surface area contributed by atoms with E-state index in [1.807, 2.05) is 24.3 Å². The number of esters is 1. The van der Waals surface area contributed by atoms with E-state index in [1.165, 1.54) is 0 Å². The molecule has 3 heterocycles. The number of anilines is 2. The van der Waals surface area contributed by atoms with Crippen molar-refractivity contribution in [3.05, 3.63) is 48.0 Å². The van der Waals surface area contributed by atoms with Crippen molar-refractivity contribution in [1.29, 1.82) is 0 Å². The summed E-state index contributed by atoms with van der Waals surface area (Å²) in [6.45, 7) is 1.40. The molecule has 2 aromatic rings. The van der Waals surface area contributed by atoms with Crippen LogP contribution in [0.2, 0.25) is 0 Å². The van der Waals surface area contributed by atoms with E-state index in [-0.39, 0.29) is 31.4 Å². The van der Waals surface area contributed by atoms with Gasteiger partial charge in [-0.2, -0.15) is 0 Å². The number of rotatable bonds is 4. The van der Waals surface area contributed by atoms with Crippen molar-refractivity contribution in [2.24, 2.45) is 5.92 Å². The molecule has 2 aromatic carbocycles. The van der Waals surface area contributed by atoms with E-state index in [0.717, 1.165) is 17.7 Å². The van der Waals surface area contributed by atoms with Gasteiger partial charge in [0.15, 0.2) is 18.1 Å². The molecule has 0 radical (unpaired) electrons. The fourth-order valence-electron chi connectivity index (χ4n) is 4.24. The van der Waals surface area contributed by atoms with Crippen molar-refractivity contribution in [3.8, 4) is 11.5 Å². The summed E-state index contributed by atoms with van der Waals surface area (Å²) in [5, 5.41) is 0. The molecule has 1 fully saturated rings. The Morgan fingerprint density at radius 1 is 1.06 bits per heavy atom. The molecule has 0 spiro atoms. The van der Waals surface area contributed by atoms with Crippen LogP contribution in [0.25, 0.3) is 0 Å². The first-order valence-corrected chi connectivity index (χ1v) is 10.3. The number of benzene rings is 2. The lowest BCUT2D eigenvalue weighted by Gasteiger charge is -2.22. The van der Waals surface area contributed by atoms with E-state index in [4.69, 9.17) is 14.2 Å². The number of nitrogens with zero attached hydrogens (tertiary/aromatic N) is 2. The fraction of sp³-hybridized carbons (Fsp3) is 0.348. The highest BCUT2D eigenvalue weighted by molar-refractivity contribution is 6.01. The number of ether oxygens (including phenoxy) is 3. The van der Waals surface area contributed by atoms with Crippen LogP contribution >= 0.6 is 0 Å². The highest BCUT2D eigenvalue weighted by Crippen LogP contribution is 2.36. The molecule has 8 nitrogen and oxygen atoms in total. The summed E-state index contributed by atoms with van der Waals surface area (Å²) in [7, 11) is 0. The maximum absolute atomic E-state index is 12.6. The molecule has 3 aliphatic rings. The SMILES string of the molecule is O=C(OCC(=O)N1CCc2ccccc21)C1CC(=O)N(c2ccc3c(c2)OCCO3)C1. The molecule has 0 saturated carbocycles. The minimum absolute atomic E-state index is 0.0496. The van der Waals surface area contributed by atoms with Crippen molar-refractivity contribution in [2.45, 2.75) is 12.8 Å². The highest BCUT2D eigenvalue weighted by Gasteiger charge is 2.37. The Morgan fingerprint density at radius 3 is 2.74 bits per heavy atom. The zero-order chi connectivity index (χ0) is 21.4. The molecule has 1 unspecified atom stereocenters. The second-order valence-corrected chi connectivity index (χ2v) is 7.77. The zero-order valence-electron chi connectivity index (χ0n) is 16.9. The zero-order valence-corrected chi connectivity index (χ0v) is 16.9. The fourth-order valence-corrected chi connectivity index (χ4v) is 4.24. The van der Waals surface area contributed by atoms with E-state index in [1.54, 1.807) is 28.0 Å². The van der Waals surface area contributed by atoms with Gasteiger partial charge in [-0.15, -0.1) is 0 Å². The Balaban J connectivity index is 1.19. The summed E-state index contributed by atoms with van der Waals surface area (Å²) in [6.07, 6.45) is 0.839. The molecule has 31 heavy (non-hydrogen) atoms. The third kappa shape index (κ3) is 3.69. The number of hydrogen-bond acceptors (Lipinski definition) is 6. The van der Waals surface area contributed by atoms with Crippen LogP contribution in [0.5, 0.6) is 11.5 Å². The number of para-hydroxylation sites is 1. The minimum atomic E-state index is -0.612. The van der Waals surface area contributed by atoms with E-state index in [9.17, 15) is 14.4 Å². The van der Waals surface area contributed by atoms with Crippen molar-refractivity contribution in [1.82, 2.24) is 0 Å². The normalized spacial score (nSPS) is 19.4. The van der Waals surface area contributed by atoms with Crippen molar-refractivity contribution < 1.29 is 28.6 Å². The predicted molar refractivity (Wildman–Crippen MR) is 111 cm³/mol. The monoisotopic (exact) mass is 422 g/mol. The predicted octanol–water partition coefficient (Wildman–Crippen LogP) is 1.94. The molecule has 8 heteroatoms. The lowest BCUT2D eigenvalue weighted by atomic mass is 10.1. The minimum Gasteiger partial charge on any atom is -0.486 e. The average molecular weight is 422 g/mol. The summed E-state index contributed by atoms with van der Waals surface area (Å²) in [5.41, 5.74) is 2.62. The lowest BCUT2D eigenvalue weighted by Crippen LogP contribution is -2.34. The maximum Gasteiger partial charge on any atom is 0.311 e. The van der Waals surface area contributed by atoms with Gasteiger partial charge in [0.1, 0.15) is 13.2 Å². The second kappa shape index (κ2) is 7.94. The molecule has 0 aromatic heterocycles. The van der Waals surface area contributed by atoms with Gasteiger partial charge in [-0.1, -0.05) is 18.2 Å². The third-order valence-corrected chi connectivity index (χ3v) is 5.82. The van der Waals surface area contributed by atoms with E-state index < -0.39 is 11.9 Å². The topological polar surface area (TPSA) is 85.4 Å². The highest BCUT2D eigenvalue weighted by atomic mass is 16.6. The van der Waals surface area contributed by atoms with Crippen molar-refractivity contribution >= 4 is 29.2 Å². The molecule has 1 atom stereocenters. The molecule has 160 valence electrons. The first-order valence-electron chi connectivity index (χ1n) is 10.3. The summed E-state index contributed by atoms with van der Waals surface area (Å²) in [5.74, 6) is -0.350. The van der Waals surface area contributed by atoms with Crippen LogP contribution in [0.1, 0.15) is 12.0 Å². The van der Waals surface area contributed by atoms with Gasteiger partial charge < -0.3 is 24.0 Å². The second-order valence-electron chi connectivity index (χ2n) is 7.77. The van der Waals surface area contributed by atoms with Gasteiger partial charge in [0.05, 0.1) is 5.92 Å². The van der Waals surface area contributed by atoms with Crippen molar-refractivity contribution in [3.63, 3.8) is 0 Å². The van der Waals surface area contributed by atoms with Gasteiger partial charge in [-0.3, -0.25) is 14.4 Å². The molecular weight excluding hydrogens is 400 g/mol. The number of hydrogen-bond donors (Lipinski definition) is 0. The number of amides is 2. The van der Waals surface area contributed by atoms with E-state index in [2.05, 4.69) is 0 Å². The van der Waals surface area contributed by atoms with Crippen LogP contribution in [-0.2, 0) is 25.5 Å². The molecule has 0 N–H and O–H groups in total. The number of carbonyl (C=O) groups is 3. The molecule has 2 amide bonds. The first kappa shape index (κ1) is 19.4. The molecule has 1 saturated heterocycles. The van der Waals surface area contributed by atoms with Crippen LogP contribution < -0.4 is 19.3 Å². The summed E-state index contributed by atoms with van der Waals surface area (Å²) >= 11 is 0. The third-order valence-electron chi connectivity index (χ3n) is 5.82. The van der Waals surface area contributed by atoms with Gasteiger partial charge in [-0.25, -0.2) is 0 Å². The lowest BCUT2D eigenvalue weighted by molar-refractivity contribution is -0.151. The Bertz CT molecular complexity index is 1050.